The van der Waals surface area contributed by atoms with Gasteiger partial charge in [-0.2, -0.15) is 0 Å². The lowest BCUT2D eigenvalue weighted by Gasteiger charge is -2.29. The number of furan rings is 1. The molecule has 8 aromatic carbocycles. The van der Waals surface area contributed by atoms with Crippen LogP contribution in [0.3, 0.4) is 0 Å². The Balaban J connectivity index is 1.24. The molecule has 46 heavy (non-hydrogen) atoms. The van der Waals surface area contributed by atoms with Crippen LogP contribution in [0.1, 0.15) is 0 Å². The van der Waals surface area contributed by atoms with Gasteiger partial charge in [-0.15, -0.1) is 0 Å². The van der Waals surface area contributed by atoms with E-state index in [1.54, 1.807) is 0 Å². The standard InChI is InChI=1S/C44H29NO/c1-2-11-30(12-3-1)31-21-25-35(26-22-31)45(42-20-10-15-32-13-4-6-16-36(32)42)41-19-9-8-17-37(41)34-24-27-39-40-28-23-33-14-5-7-18-38(33)44(40)46-43(39)29-34/h1-29H. The Morgan fingerprint density at radius 3 is 1.83 bits per heavy atom. The average molecular weight is 588 g/mol. The zero-order valence-electron chi connectivity index (χ0n) is 25.1. The van der Waals surface area contributed by atoms with Crippen molar-refractivity contribution in [1.29, 1.82) is 0 Å². The fourth-order valence-corrected chi connectivity index (χ4v) is 6.83. The summed E-state index contributed by atoms with van der Waals surface area (Å²) in [4.78, 5) is 2.39. The molecule has 1 aromatic heterocycles. The van der Waals surface area contributed by atoms with Crippen molar-refractivity contribution in [3.63, 3.8) is 0 Å². The van der Waals surface area contributed by atoms with Crippen LogP contribution in [-0.2, 0) is 0 Å². The van der Waals surface area contributed by atoms with Crippen molar-refractivity contribution in [2.24, 2.45) is 0 Å². The van der Waals surface area contributed by atoms with Crippen LogP contribution >= 0.6 is 0 Å². The lowest BCUT2D eigenvalue weighted by atomic mass is 9.98. The third-order valence-electron chi connectivity index (χ3n) is 9.06. The molecule has 2 nitrogen and oxygen atoms in total. The van der Waals surface area contributed by atoms with Gasteiger partial charge in [0.25, 0.3) is 0 Å². The maximum Gasteiger partial charge on any atom is 0.143 e. The van der Waals surface area contributed by atoms with E-state index < -0.39 is 0 Å². The number of hydrogen-bond donors (Lipinski definition) is 0. The molecule has 0 spiro atoms. The molecule has 9 rings (SSSR count). The largest absolute Gasteiger partial charge is 0.455 e. The van der Waals surface area contributed by atoms with Crippen LogP contribution in [0.4, 0.5) is 17.1 Å². The van der Waals surface area contributed by atoms with Gasteiger partial charge in [-0.25, -0.2) is 0 Å². The number of nitrogens with zero attached hydrogens (tertiary/aromatic N) is 1. The summed E-state index contributed by atoms with van der Waals surface area (Å²) in [6, 6.07) is 62.7. The Morgan fingerprint density at radius 2 is 0.978 bits per heavy atom. The second kappa shape index (κ2) is 10.8. The zero-order chi connectivity index (χ0) is 30.5. The van der Waals surface area contributed by atoms with Crippen LogP contribution in [0, 0.1) is 0 Å². The molecule has 0 saturated heterocycles. The molecule has 0 fully saturated rings. The molecule has 0 unspecified atom stereocenters. The number of hydrogen-bond acceptors (Lipinski definition) is 2. The highest BCUT2D eigenvalue weighted by Gasteiger charge is 2.20. The Morgan fingerprint density at radius 1 is 0.370 bits per heavy atom. The molecule has 9 aromatic rings. The molecule has 1 heterocycles. The summed E-state index contributed by atoms with van der Waals surface area (Å²) in [5.74, 6) is 0. The molecule has 0 bridgehead atoms. The number of fused-ring (bicyclic) bond motifs is 6. The summed E-state index contributed by atoms with van der Waals surface area (Å²) in [5.41, 5.74) is 9.81. The minimum absolute atomic E-state index is 0.891. The van der Waals surface area contributed by atoms with Crippen LogP contribution in [0.5, 0.6) is 0 Å². The second-order valence-electron chi connectivity index (χ2n) is 11.7. The Kier molecular flexibility index (Phi) is 6.17. The molecule has 0 radical (unpaired) electrons. The van der Waals surface area contributed by atoms with Crippen LogP contribution in [0.2, 0.25) is 0 Å². The van der Waals surface area contributed by atoms with Gasteiger partial charge in [0.15, 0.2) is 0 Å². The van der Waals surface area contributed by atoms with Gasteiger partial charge >= 0.3 is 0 Å². The first-order valence-corrected chi connectivity index (χ1v) is 15.7. The van der Waals surface area contributed by atoms with Crippen molar-refractivity contribution >= 4 is 60.5 Å². The maximum atomic E-state index is 6.60. The van der Waals surface area contributed by atoms with Crippen molar-refractivity contribution in [1.82, 2.24) is 0 Å². The molecular weight excluding hydrogens is 558 g/mol. The lowest BCUT2D eigenvalue weighted by molar-refractivity contribution is 0.673. The summed E-state index contributed by atoms with van der Waals surface area (Å²) < 4.78 is 6.60. The molecule has 0 aliphatic rings. The molecular formula is C44H29NO. The van der Waals surface area contributed by atoms with E-state index in [4.69, 9.17) is 4.42 Å². The summed E-state index contributed by atoms with van der Waals surface area (Å²) >= 11 is 0. The quantitative estimate of drug-likeness (QED) is 0.199. The van der Waals surface area contributed by atoms with Gasteiger partial charge in [-0.05, 0) is 69.9 Å². The molecule has 0 atom stereocenters. The summed E-state index contributed by atoms with van der Waals surface area (Å²) in [6.07, 6.45) is 0. The van der Waals surface area contributed by atoms with Crippen molar-refractivity contribution in [2.75, 3.05) is 4.90 Å². The number of benzene rings is 8. The van der Waals surface area contributed by atoms with Crippen molar-refractivity contribution in [3.8, 4) is 22.3 Å². The van der Waals surface area contributed by atoms with E-state index in [2.05, 4.69) is 181 Å². The number of para-hydroxylation sites is 1. The van der Waals surface area contributed by atoms with E-state index in [0.717, 1.165) is 55.5 Å². The van der Waals surface area contributed by atoms with Crippen molar-refractivity contribution in [3.05, 3.63) is 176 Å². The summed E-state index contributed by atoms with van der Waals surface area (Å²) in [7, 11) is 0. The minimum atomic E-state index is 0.891. The summed E-state index contributed by atoms with van der Waals surface area (Å²) in [6.45, 7) is 0. The molecule has 2 heteroatoms. The van der Waals surface area contributed by atoms with E-state index in [9.17, 15) is 0 Å². The normalized spacial score (nSPS) is 11.5. The predicted molar refractivity (Wildman–Crippen MR) is 194 cm³/mol. The van der Waals surface area contributed by atoms with Gasteiger partial charge in [-0.1, -0.05) is 133 Å². The van der Waals surface area contributed by atoms with E-state index in [0.29, 0.717) is 0 Å². The van der Waals surface area contributed by atoms with Crippen LogP contribution in [-0.4, -0.2) is 0 Å². The lowest BCUT2D eigenvalue weighted by Crippen LogP contribution is -2.11. The van der Waals surface area contributed by atoms with Gasteiger partial charge in [-0.3, -0.25) is 0 Å². The van der Waals surface area contributed by atoms with Gasteiger partial charge in [0, 0.05) is 32.8 Å². The van der Waals surface area contributed by atoms with E-state index >= 15 is 0 Å². The zero-order valence-corrected chi connectivity index (χ0v) is 25.1. The highest BCUT2D eigenvalue weighted by molar-refractivity contribution is 6.15. The van der Waals surface area contributed by atoms with Gasteiger partial charge < -0.3 is 9.32 Å². The van der Waals surface area contributed by atoms with Crippen LogP contribution in [0.25, 0.3) is 65.7 Å². The third-order valence-corrected chi connectivity index (χ3v) is 9.06. The third kappa shape index (κ3) is 4.35. The second-order valence-corrected chi connectivity index (χ2v) is 11.7. The Hall–Kier alpha value is -6.12. The number of rotatable bonds is 5. The van der Waals surface area contributed by atoms with Crippen molar-refractivity contribution in [2.45, 2.75) is 0 Å². The SMILES string of the molecule is c1ccc(-c2ccc(N(c3ccccc3-c3ccc4c(c3)oc3c5ccccc5ccc43)c3cccc4ccccc34)cc2)cc1. The van der Waals surface area contributed by atoms with E-state index in [-0.39, 0.29) is 0 Å². The maximum absolute atomic E-state index is 6.60. The smallest absolute Gasteiger partial charge is 0.143 e. The topological polar surface area (TPSA) is 16.4 Å². The molecule has 0 aliphatic heterocycles. The summed E-state index contributed by atoms with van der Waals surface area (Å²) in [5, 5.41) is 7.00. The monoisotopic (exact) mass is 587 g/mol. The first kappa shape index (κ1) is 26.3. The molecule has 0 N–H and O–H groups in total. The molecule has 216 valence electrons. The minimum Gasteiger partial charge on any atom is -0.455 e. The highest BCUT2D eigenvalue weighted by atomic mass is 16.3. The molecule has 0 amide bonds. The fourth-order valence-electron chi connectivity index (χ4n) is 6.83. The Labute approximate surface area is 267 Å². The van der Waals surface area contributed by atoms with Gasteiger partial charge in [0.2, 0.25) is 0 Å². The van der Waals surface area contributed by atoms with E-state index in [1.165, 1.54) is 27.3 Å². The molecule has 0 saturated carbocycles. The van der Waals surface area contributed by atoms with Gasteiger partial charge in [0.05, 0.1) is 11.4 Å². The first-order chi connectivity index (χ1) is 22.8. The van der Waals surface area contributed by atoms with Crippen molar-refractivity contribution < 1.29 is 4.42 Å². The molecule has 0 aliphatic carbocycles. The fraction of sp³-hybridized carbons (Fsp3) is 0. The van der Waals surface area contributed by atoms with E-state index in [1.807, 2.05) is 0 Å². The van der Waals surface area contributed by atoms with Crippen LogP contribution < -0.4 is 4.90 Å². The predicted octanol–water partition coefficient (Wildman–Crippen LogP) is 12.7. The average Bonchev–Trinajstić information content (AvgIpc) is 3.51. The first-order valence-electron chi connectivity index (χ1n) is 15.7. The number of anilines is 3. The van der Waals surface area contributed by atoms with Gasteiger partial charge in [0.1, 0.15) is 11.2 Å². The highest BCUT2D eigenvalue weighted by Crippen LogP contribution is 2.45. The van der Waals surface area contributed by atoms with Crippen LogP contribution in [0.15, 0.2) is 180 Å². The Bertz CT molecular complexity index is 2520.